The lowest BCUT2D eigenvalue weighted by Gasteiger charge is -2.33. The van der Waals surface area contributed by atoms with Gasteiger partial charge < -0.3 is 26.0 Å². The van der Waals surface area contributed by atoms with Gasteiger partial charge in [-0.2, -0.15) is 0 Å². The summed E-state index contributed by atoms with van der Waals surface area (Å²) in [6.45, 7) is 13.1. The predicted molar refractivity (Wildman–Crippen MR) is 133 cm³/mol. The molecule has 2 rings (SSSR count). The molecule has 2 amide bonds. The Hall–Kier alpha value is -2.54. The third-order valence-electron chi connectivity index (χ3n) is 6.87. The van der Waals surface area contributed by atoms with Crippen LogP contribution in [-0.4, -0.2) is 50.6 Å². The molecule has 0 fully saturated rings. The molecular formula is C26H42N4O3. The van der Waals surface area contributed by atoms with Gasteiger partial charge in [0.15, 0.2) is 0 Å². The number of rotatable bonds is 6. The van der Waals surface area contributed by atoms with Crippen molar-refractivity contribution in [2.45, 2.75) is 71.5 Å². The maximum Gasteiger partial charge on any atom is 0.242 e. The Kier molecular flexibility index (Phi) is 10.2. The van der Waals surface area contributed by atoms with E-state index in [0.29, 0.717) is 25.1 Å². The van der Waals surface area contributed by atoms with Gasteiger partial charge in [-0.25, -0.2) is 0 Å². The molecule has 0 radical (unpaired) electrons. The van der Waals surface area contributed by atoms with Crippen molar-refractivity contribution in [2.24, 2.45) is 11.8 Å². The summed E-state index contributed by atoms with van der Waals surface area (Å²) >= 11 is 0. The molecule has 5 unspecified atom stereocenters. The van der Waals surface area contributed by atoms with E-state index in [0.717, 1.165) is 29.7 Å². The van der Waals surface area contributed by atoms with Crippen LogP contribution in [0.1, 0.15) is 51.7 Å². The quantitative estimate of drug-likeness (QED) is 0.526. The molecule has 7 heteroatoms. The number of methoxy groups -OCH3 is 1. The minimum absolute atomic E-state index is 0.0450. The van der Waals surface area contributed by atoms with Gasteiger partial charge in [0, 0.05) is 18.7 Å². The molecule has 184 valence electrons. The Morgan fingerprint density at radius 2 is 1.76 bits per heavy atom. The van der Waals surface area contributed by atoms with E-state index in [1.807, 2.05) is 12.1 Å². The number of ether oxygens (including phenoxy) is 1. The Labute approximate surface area is 199 Å². The van der Waals surface area contributed by atoms with Crippen molar-refractivity contribution in [3.05, 3.63) is 41.6 Å². The van der Waals surface area contributed by atoms with Crippen molar-refractivity contribution >= 4 is 11.8 Å². The zero-order valence-electron chi connectivity index (χ0n) is 21.1. The van der Waals surface area contributed by atoms with E-state index in [2.05, 4.69) is 61.6 Å². The summed E-state index contributed by atoms with van der Waals surface area (Å²) in [5.74, 6) is 0.875. The fourth-order valence-electron chi connectivity index (χ4n) is 4.19. The number of nitrogens with one attached hydrogen (secondary N) is 4. The maximum absolute atomic E-state index is 13.3. The van der Waals surface area contributed by atoms with Crippen LogP contribution in [0.2, 0.25) is 0 Å². The predicted octanol–water partition coefficient (Wildman–Crippen LogP) is 2.55. The van der Waals surface area contributed by atoms with Crippen molar-refractivity contribution in [1.82, 2.24) is 21.3 Å². The highest BCUT2D eigenvalue weighted by Crippen LogP contribution is 2.23. The van der Waals surface area contributed by atoms with Gasteiger partial charge in [0.2, 0.25) is 11.8 Å². The monoisotopic (exact) mass is 458 g/mol. The topological polar surface area (TPSA) is 91.5 Å². The van der Waals surface area contributed by atoms with E-state index in [1.54, 1.807) is 14.2 Å². The molecule has 4 N–H and O–H groups in total. The highest BCUT2D eigenvalue weighted by molar-refractivity contribution is 5.83. The molecule has 33 heavy (non-hydrogen) atoms. The number of hydrogen-bond donors (Lipinski definition) is 4. The third-order valence-corrected chi connectivity index (χ3v) is 6.87. The van der Waals surface area contributed by atoms with Crippen LogP contribution < -0.4 is 26.0 Å². The van der Waals surface area contributed by atoms with E-state index < -0.39 is 12.1 Å². The summed E-state index contributed by atoms with van der Waals surface area (Å²) in [6, 6.07) is 4.87. The second kappa shape index (κ2) is 12.6. The number of likely N-dealkylation sites (N-methyl/N-ethyl adjacent to an activating group) is 1. The van der Waals surface area contributed by atoms with Crippen LogP contribution in [0.5, 0.6) is 5.75 Å². The molecule has 0 aliphatic carbocycles. The molecule has 0 saturated heterocycles. The van der Waals surface area contributed by atoms with Crippen molar-refractivity contribution in [1.29, 1.82) is 0 Å². The molecule has 2 bridgehead atoms. The van der Waals surface area contributed by atoms with Gasteiger partial charge in [0.1, 0.15) is 11.8 Å². The van der Waals surface area contributed by atoms with Gasteiger partial charge in [-0.3, -0.25) is 9.59 Å². The summed E-state index contributed by atoms with van der Waals surface area (Å²) in [5, 5.41) is 12.8. The molecule has 1 aromatic rings. The van der Waals surface area contributed by atoms with Crippen LogP contribution >= 0.6 is 0 Å². The molecule has 1 aliphatic rings. The van der Waals surface area contributed by atoms with Gasteiger partial charge in [0.05, 0.1) is 19.2 Å². The zero-order valence-corrected chi connectivity index (χ0v) is 21.1. The number of carbonyl (C=O) groups excluding carboxylic acids is 2. The molecule has 0 saturated carbocycles. The first-order chi connectivity index (χ1) is 15.7. The van der Waals surface area contributed by atoms with E-state index in [4.69, 9.17) is 4.74 Å². The van der Waals surface area contributed by atoms with Crippen molar-refractivity contribution in [3.63, 3.8) is 0 Å². The fraction of sp³-hybridized carbons (Fsp3) is 0.615. The summed E-state index contributed by atoms with van der Waals surface area (Å²) in [6.07, 6.45) is 2.91. The van der Waals surface area contributed by atoms with Gasteiger partial charge in [0.25, 0.3) is 0 Å². The summed E-state index contributed by atoms with van der Waals surface area (Å²) in [7, 11) is 3.43. The minimum atomic E-state index is -0.427. The number of hydrogen-bond acceptors (Lipinski definition) is 5. The molecule has 1 heterocycles. The molecule has 7 nitrogen and oxygen atoms in total. The van der Waals surface area contributed by atoms with E-state index >= 15 is 0 Å². The second-order valence-electron chi connectivity index (χ2n) is 9.14. The van der Waals surface area contributed by atoms with Gasteiger partial charge in [-0.15, -0.1) is 0 Å². The zero-order chi connectivity index (χ0) is 24.5. The van der Waals surface area contributed by atoms with Gasteiger partial charge >= 0.3 is 0 Å². The van der Waals surface area contributed by atoms with Crippen LogP contribution in [-0.2, 0) is 22.4 Å². The molecular weight excluding hydrogens is 416 g/mol. The molecule has 5 atom stereocenters. The van der Waals surface area contributed by atoms with E-state index in [9.17, 15) is 9.59 Å². The second-order valence-corrected chi connectivity index (χ2v) is 9.14. The number of benzene rings is 1. The Bertz CT molecular complexity index is 826. The van der Waals surface area contributed by atoms with Gasteiger partial charge in [-0.1, -0.05) is 59.2 Å². The number of carbonyl (C=O) groups is 2. The Morgan fingerprint density at radius 3 is 2.36 bits per heavy atom. The third kappa shape index (κ3) is 6.97. The number of amides is 2. The molecule has 0 aromatic heterocycles. The van der Waals surface area contributed by atoms with Crippen LogP contribution in [0.4, 0.5) is 0 Å². The molecule has 0 spiro atoms. The summed E-state index contributed by atoms with van der Waals surface area (Å²) < 4.78 is 5.55. The smallest absolute Gasteiger partial charge is 0.242 e. The maximum atomic E-state index is 13.3. The Morgan fingerprint density at radius 1 is 1.09 bits per heavy atom. The molecule has 1 aliphatic heterocycles. The summed E-state index contributed by atoms with van der Waals surface area (Å²) in [5.41, 5.74) is 2.72. The fourth-order valence-corrected chi connectivity index (χ4v) is 4.19. The normalized spacial score (nSPS) is 24.4. The van der Waals surface area contributed by atoms with Gasteiger partial charge in [-0.05, 0) is 42.5 Å². The highest BCUT2D eigenvalue weighted by atomic mass is 16.5. The van der Waals surface area contributed by atoms with Crippen molar-refractivity contribution in [3.8, 4) is 5.75 Å². The highest BCUT2D eigenvalue weighted by Gasteiger charge is 2.30. The first-order valence-electron chi connectivity index (χ1n) is 12.1. The molecule has 1 aromatic carbocycles. The van der Waals surface area contributed by atoms with Crippen molar-refractivity contribution < 1.29 is 14.3 Å². The minimum Gasteiger partial charge on any atom is -0.496 e. The van der Waals surface area contributed by atoms with Crippen LogP contribution in [0.15, 0.2) is 30.5 Å². The average molecular weight is 459 g/mol. The lowest BCUT2D eigenvalue weighted by molar-refractivity contribution is -0.124. The summed E-state index contributed by atoms with van der Waals surface area (Å²) in [4.78, 5) is 26.4. The van der Waals surface area contributed by atoms with E-state index in [1.165, 1.54) is 0 Å². The first-order valence-corrected chi connectivity index (χ1v) is 12.1. The van der Waals surface area contributed by atoms with E-state index in [-0.39, 0.29) is 29.7 Å². The SMILES string of the molecule is C=C1NC(C(C)CC)C(=O)NCCc2ccc(OC)c(c2)CC(NC)C(=O)NC1C(C)CC. The average Bonchev–Trinajstić information content (AvgIpc) is 2.82. The standard InChI is InChI=1S/C26H42N4O3/c1-8-16(3)23-18(5)29-24(17(4)9-2)26(32)28-13-12-19-10-11-22(33-7)20(14-19)15-21(27-6)25(31)30-23/h10-11,14,16-17,21,23-24,27,29H,5,8-9,12-13,15H2,1-4,6-7H3,(H,28,32)(H,30,31). The van der Waals surface area contributed by atoms with Crippen molar-refractivity contribution in [2.75, 3.05) is 20.7 Å². The van der Waals surface area contributed by atoms with Crippen LogP contribution in [0, 0.1) is 11.8 Å². The first kappa shape index (κ1) is 26.7. The van der Waals surface area contributed by atoms with Crippen LogP contribution in [0.3, 0.4) is 0 Å². The lowest BCUT2D eigenvalue weighted by atomic mass is 9.93. The number of fused-ring (bicyclic) bond motifs is 2. The van der Waals surface area contributed by atoms with Crippen LogP contribution in [0.25, 0.3) is 0 Å². The lowest BCUT2D eigenvalue weighted by Crippen LogP contribution is -2.55. The Balaban J connectivity index is 2.46. The largest absolute Gasteiger partial charge is 0.496 e.